The number of halogens is 3. The summed E-state index contributed by atoms with van der Waals surface area (Å²) in [5.74, 6) is 3.32. The maximum absolute atomic E-state index is 12.7. The summed E-state index contributed by atoms with van der Waals surface area (Å²) in [7, 11) is 0. The lowest BCUT2D eigenvalue weighted by Crippen LogP contribution is -2.33. The summed E-state index contributed by atoms with van der Waals surface area (Å²) >= 11 is 0. The monoisotopic (exact) mass is 276 g/mol. The SMILES string of the molecule is NNc1ccc(C(=O)NCC(N)=O)cc1C(F)(F)F. The number of benzene rings is 1. The molecule has 0 atom stereocenters. The molecule has 19 heavy (non-hydrogen) atoms. The first-order valence-corrected chi connectivity index (χ1v) is 5.00. The van der Waals surface area contributed by atoms with E-state index in [0.717, 1.165) is 12.1 Å². The van der Waals surface area contributed by atoms with E-state index in [1.807, 2.05) is 5.43 Å². The Hall–Kier alpha value is -2.29. The van der Waals surface area contributed by atoms with Gasteiger partial charge in [-0.1, -0.05) is 0 Å². The number of carbonyl (C=O) groups is 2. The molecule has 1 aromatic rings. The van der Waals surface area contributed by atoms with Gasteiger partial charge in [-0.25, -0.2) is 0 Å². The molecule has 0 saturated carbocycles. The summed E-state index contributed by atoms with van der Waals surface area (Å²) in [5.41, 5.74) is 5.00. The van der Waals surface area contributed by atoms with Crippen molar-refractivity contribution in [2.75, 3.05) is 12.0 Å². The third-order valence-corrected chi connectivity index (χ3v) is 2.17. The van der Waals surface area contributed by atoms with Crippen molar-refractivity contribution in [3.63, 3.8) is 0 Å². The highest BCUT2D eigenvalue weighted by molar-refractivity contribution is 5.96. The van der Waals surface area contributed by atoms with Crippen LogP contribution in [0.15, 0.2) is 18.2 Å². The normalized spacial score (nSPS) is 10.9. The summed E-state index contributed by atoms with van der Waals surface area (Å²) in [6, 6.07) is 2.79. The van der Waals surface area contributed by atoms with E-state index in [-0.39, 0.29) is 11.3 Å². The Morgan fingerprint density at radius 3 is 2.37 bits per heavy atom. The lowest BCUT2D eigenvalue weighted by molar-refractivity contribution is -0.137. The van der Waals surface area contributed by atoms with Gasteiger partial charge in [-0.3, -0.25) is 15.4 Å². The summed E-state index contributed by atoms with van der Waals surface area (Å²) in [4.78, 5) is 22.0. The third-order valence-electron chi connectivity index (χ3n) is 2.17. The zero-order valence-corrected chi connectivity index (χ0v) is 9.54. The molecule has 6 N–H and O–H groups in total. The number of carbonyl (C=O) groups excluding carboxylic acids is 2. The van der Waals surface area contributed by atoms with Gasteiger partial charge in [-0.2, -0.15) is 13.2 Å². The van der Waals surface area contributed by atoms with E-state index in [4.69, 9.17) is 11.6 Å². The number of hydrogen-bond donors (Lipinski definition) is 4. The summed E-state index contributed by atoms with van der Waals surface area (Å²) in [6.07, 6.45) is -4.66. The highest BCUT2D eigenvalue weighted by Gasteiger charge is 2.34. The Kier molecular flexibility index (Phi) is 4.33. The fraction of sp³-hybridized carbons (Fsp3) is 0.200. The Bertz CT molecular complexity index is 502. The van der Waals surface area contributed by atoms with E-state index in [9.17, 15) is 22.8 Å². The zero-order chi connectivity index (χ0) is 14.6. The average molecular weight is 276 g/mol. The first-order valence-electron chi connectivity index (χ1n) is 5.00. The second kappa shape index (κ2) is 5.57. The van der Waals surface area contributed by atoms with Gasteiger partial charge in [-0.05, 0) is 18.2 Å². The molecular weight excluding hydrogens is 265 g/mol. The van der Waals surface area contributed by atoms with E-state index in [0.29, 0.717) is 6.07 Å². The molecule has 0 fully saturated rings. The molecule has 6 nitrogen and oxygen atoms in total. The molecule has 2 amide bonds. The van der Waals surface area contributed by atoms with Crippen LogP contribution in [0.25, 0.3) is 0 Å². The minimum Gasteiger partial charge on any atom is -0.368 e. The second-order valence-corrected chi connectivity index (χ2v) is 3.55. The number of primary amides is 1. The van der Waals surface area contributed by atoms with Gasteiger partial charge in [0.15, 0.2) is 0 Å². The molecule has 1 rings (SSSR count). The van der Waals surface area contributed by atoms with Crippen LogP contribution in [-0.2, 0) is 11.0 Å². The van der Waals surface area contributed by atoms with Gasteiger partial charge in [0.05, 0.1) is 17.8 Å². The standard InChI is InChI=1S/C10H11F3N4O2/c11-10(12,13)6-3-5(1-2-7(6)17-15)9(19)16-4-8(14)18/h1-3,17H,4,15H2,(H2,14,18)(H,16,19). The molecule has 0 aliphatic heterocycles. The van der Waals surface area contributed by atoms with Crippen LogP contribution in [0.1, 0.15) is 15.9 Å². The van der Waals surface area contributed by atoms with Crippen molar-refractivity contribution >= 4 is 17.5 Å². The van der Waals surface area contributed by atoms with Crippen LogP contribution >= 0.6 is 0 Å². The number of hydrogen-bond acceptors (Lipinski definition) is 4. The van der Waals surface area contributed by atoms with E-state index in [2.05, 4.69) is 5.32 Å². The molecule has 0 bridgehead atoms. The topological polar surface area (TPSA) is 110 Å². The Morgan fingerprint density at radius 1 is 1.26 bits per heavy atom. The molecule has 0 saturated heterocycles. The predicted octanol–water partition coefficient (Wildman–Crippen LogP) is 0.206. The number of nitrogens with one attached hydrogen (secondary N) is 2. The maximum Gasteiger partial charge on any atom is 0.418 e. The highest BCUT2D eigenvalue weighted by Crippen LogP contribution is 2.35. The van der Waals surface area contributed by atoms with Crippen LogP contribution in [0.5, 0.6) is 0 Å². The van der Waals surface area contributed by atoms with Crippen LogP contribution < -0.4 is 22.3 Å². The van der Waals surface area contributed by atoms with Crippen molar-refractivity contribution in [1.29, 1.82) is 0 Å². The second-order valence-electron chi connectivity index (χ2n) is 3.55. The molecule has 0 aliphatic carbocycles. The van der Waals surface area contributed by atoms with Gasteiger partial charge in [0, 0.05) is 5.56 Å². The van der Waals surface area contributed by atoms with Crippen LogP contribution in [0.4, 0.5) is 18.9 Å². The summed E-state index contributed by atoms with van der Waals surface area (Å²) in [6.45, 7) is -0.461. The Balaban J connectivity index is 3.05. The van der Waals surface area contributed by atoms with Gasteiger partial charge in [0.1, 0.15) is 0 Å². The van der Waals surface area contributed by atoms with E-state index < -0.39 is 30.1 Å². The molecular formula is C10H11F3N4O2. The van der Waals surface area contributed by atoms with Gasteiger partial charge in [-0.15, -0.1) is 0 Å². The van der Waals surface area contributed by atoms with Crippen molar-refractivity contribution in [1.82, 2.24) is 5.32 Å². The maximum atomic E-state index is 12.7. The van der Waals surface area contributed by atoms with Crippen LogP contribution in [-0.4, -0.2) is 18.4 Å². The van der Waals surface area contributed by atoms with Gasteiger partial charge >= 0.3 is 6.18 Å². The Morgan fingerprint density at radius 2 is 1.89 bits per heavy atom. The van der Waals surface area contributed by atoms with Crippen LogP contribution in [0.3, 0.4) is 0 Å². The number of hydrazine groups is 1. The molecule has 9 heteroatoms. The number of nitrogens with two attached hydrogens (primary N) is 2. The first-order chi connectivity index (χ1) is 8.75. The zero-order valence-electron chi connectivity index (χ0n) is 9.54. The fourth-order valence-corrected chi connectivity index (χ4v) is 1.32. The lowest BCUT2D eigenvalue weighted by atomic mass is 10.1. The number of anilines is 1. The van der Waals surface area contributed by atoms with Gasteiger partial charge in [0.2, 0.25) is 5.91 Å². The average Bonchev–Trinajstić information content (AvgIpc) is 2.34. The van der Waals surface area contributed by atoms with Gasteiger partial charge < -0.3 is 16.5 Å². The smallest absolute Gasteiger partial charge is 0.368 e. The van der Waals surface area contributed by atoms with E-state index >= 15 is 0 Å². The third kappa shape index (κ3) is 3.85. The molecule has 104 valence electrons. The molecule has 0 radical (unpaired) electrons. The molecule has 1 aromatic carbocycles. The number of nitrogen functional groups attached to an aromatic ring is 1. The molecule has 0 aliphatic rings. The molecule has 0 aromatic heterocycles. The summed E-state index contributed by atoms with van der Waals surface area (Å²) in [5, 5.41) is 2.08. The van der Waals surface area contributed by atoms with Crippen LogP contribution in [0, 0.1) is 0 Å². The van der Waals surface area contributed by atoms with Crippen LogP contribution in [0.2, 0.25) is 0 Å². The lowest BCUT2D eigenvalue weighted by Gasteiger charge is -2.13. The molecule has 0 spiro atoms. The summed E-state index contributed by atoms with van der Waals surface area (Å²) < 4.78 is 38.1. The first kappa shape index (κ1) is 14.8. The van der Waals surface area contributed by atoms with Crippen molar-refractivity contribution in [2.24, 2.45) is 11.6 Å². The largest absolute Gasteiger partial charge is 0.418 e. The predicted molar refractivity (Wildman–Crippen MR) is 60.8 cm³/mol. The van der Waals surface area contributed by atoms with Crippen molar-refractivity contribution in [3.05, 3.63) is 29.3 Å². The van der Waals surface area contributed by atoms with Crippen molar-refractivity contribution in [2.45, 2.75) is 6.18 Å². The fourth-order valence-electron chi connectivity index (χ4n) is 1.32. The molecule has 0 heterocycles. The number of alkyl halides is 3. The number of amides is 2. The quantitative estimate of drug-likeness (QED) is 0.465. The Labute approximate surface area is 105 Å². The number of rotatable bonds is 4. The van der Waals surface area contributed by atoms with Crippen molar-refractivity contribution in [3.8, 4) is 0 Å². The minimum absolute atomic E-state index is 0.257. The van der Waals surface area contributed by atoms with Gasteiger partial charge in [0.25, 0.3) is 5.91 Å². The minimum atomic E-state index is -4.66. The van der Waals surface area contributed by atoms with Crippen molar-refractivity contribution < 1.29 is 22.8 Å². The molecule has 0 unspecified atom stereocenters. The highest BCUT2D eigenvalue weighted by atomic mass is 19.4. The van der Waals surface area contributed by atoms with E-state index in [1.54, 1.807) is 0 Å². The van der Waals surface area contributed by atoms with E-state index in [1.165, 1.54) is 0 Å².